The summed E-state index contributed by atoms with van der Waals surface area (Å²) in [4.78, 5) is 15.8. The van der Waals surface area contributed by atoms with Gasteiger partial charge >= 0.3 is 0 Å². The summed E-state index contributed by atoms with van der Waals surface area (Å²) in [6.07, 6.45) is 4.76. The molecule has 2 aromatic rings. The SMILES string of the molecule is NCc1ccc(CC(=O)NCCc2cccnc2)cc1. The van der Waals surface area contributed by atoms with Crippen LogP contribution in [0.2, 0.25) is 0 Å². The van der Waals surface area contributed by atoms with Crippen LogP contribution < -0.4 is 11.1 Å². The second kappa shape index (κ2) is 7.40. The number of benzene rings is 1. The molecule has 20 heavy (non-hydrogen) atoms. The van der Waals surface area contributed by atoms with Crippen LogP contribution in [-0.2, 0) is 24.2 Å². The molecule has 1 heterocycles. The van der Waals surface area contributed by atoms with Crippen LogP contribution in [0.4, 0.5) is 0 Å². The number of amides is 1. The molecule has 0 aliphatic carbocycles. The number of rotatable bonds is 6. The zero-order valence-electron chi connectivity index (χ0n) is 11.4. The fourth-order valence-electron chi connectivity index (χ4n) is 1.93. The first kappa shape index (κ1) is 14.2. The molecule has 1 aromatic carbocycles. The highest BCUT2D eigenvalue weighted by atomic mass is 16.1. The predicted octanol–water partition coefficient (Wildman–Crippen LogP) is 1.44. The van der Waals surface area contributed by atoms with Crippen LogP contribution in [0.25, 0.3) is 0 Å². The molecule has 3 N–H and O–H groups in total. The summed E-state index contributed by atoms with van der Waals surface area (Å²) in [6.45, 7) is 1.16. The zero-order chi connectivity index (χ0) is 14.2. The van der Waals surface area contributed by atoms with Crippen molar-refractivity contribution in [2.24, 2.45) is 5.73 Å². The van der Waals surface area contributed by atoms with Crippen LogP contribution in [-0.4, -0.2) is 17.4 Å². The summed E-state index contributed by atoms with van der Waals surface area (Å²) in [5.74, 6) is 0.0365. The average Bonchev–Trinajstić information content (AvgIpc) is 2.49. The van der Waals surface area contributed by atoms with E-state index in [4.69, 9.17) is 5.73 Å². The van der Waals surface area contributed by atoms with Gasteiger partial charge in [0.15, 0.2) is 0 Å². The molecule has 0 saturated carbocycles. The van der Waals surface area contributed by atoms with Gasteiger partial charge in [-0.3, -0.25) is 9.78 Å². The number of pyridine rings is 1. The van der Waals surface area contributed by atoms with E-state index in [9.17, 15) is 4.79 Å². The molecular formula is C16H19N3O. The molecule has 0 unspecified atom stereocenters. The lowest BCUT2D eigenvalue weighted by Crippen LogP contribution is -2.27. The summed E-state index contributed by atoms with van der Waals surface area (Å²) < 4.78 is 0. The Hall–Kier alpha value is -2.20. The van der Waals surface area contributed by atoms with Gasteiger partial charge in [-0.25, -0.2) is 0 Å². The molecule has 1 amide bonds. The normalized spacial score (nSPS) is 10.2. The van der Waals surface area contributed by atoms with Crippen molar-refractivity contribution in [1.82, 2.24) is 10.3 Å². The molecule has 2 rings (SSSR count). The van der Waals surface area contributed by atoms with Gasteiger partial charge in [-0.15, -0.1) is 0 Å². The number of carbonyl (C=O) groups is 1. The lowest BCUT2D eigenvalue weighted by molar-refractivity contribution is -0.120. The number of nitrogens with zero attached hydrogens (tertiary/aromatic N) is 1. The van der Waals surface area contributed by atoms with E-state index in [0.29, 0.717) is 19.5 Å². The van der Waals surface area contributed by atoms with Gasteiger partial charge in [-0.1, -0.05) is 30.3 Å². The molecule has 0 spiro atoms. The van der Waals surface area contributed by atoms with Crippen molar-refractivity contribution in [2.45, 2.75) is 19.4 Å². The number of carbonyl (C=O) groups excluding carboxylic acids is 1. The lowest BCUT2D eigenvalue weighted by Gasteiger charge is -2.06. The molecule has 0 radical (unpaired) electrons. The highest BCUT2D eigenvalue weighted by Gasteiger charge is 2.03. The van der Waals surface area contributed by atoms with Crippen molar-refractivity contribution < 1.29 is 4.79 Å². The quantitative estimate of drug-likeness (QED) is 0.834. The third kappa shape index (κ3) is 4.48. The van der Waals surface area contributed by atoms with Gasteiger partial charge in [0.1, 0.15) is 0 Å². The Bertz CT molecular complexity index is 537. The van der Waals surface area contributed by atoms with E-state index in [2.05, 4.69) is 10.3 Å². The molecular weight excluding hydrogens is 250 g/mol. The Morgan fingerprint density at radius 1 is 1.10 bits per heavy atom. The second-order valence-electron chi connectivity index (χ2n) is 4.66. The van der Waals surface area contributed by atoms with Crippen molar-refractivity contribution in [3.63, 3.8) is 0 Å². The number of aromatic nitrogens is 1. The number of nitrogens with one attached hydrogen (secondary N) is 1. The molecule has 104 valence electrons. The van der Waals surface area contributed by atoms with Gasteiger partial charge < -0.3 is 11.1 Å². The highest BCUT2D eigenvalue weighted by Crippen LogP contribution is 2.04. The summed E-state index contributed by atoms with van der Waals surface area (Å²) in [6, 6.07) is 11.7. The topological polar surface area (TPSA) is 68.0 Å². The number of nitrogens with two attached hydrogens (primary N) is 1. The minimum absolute atomic E-state index is 0.0365. The highest BCUT2D eigenvalue weighted by molar-refractivity contribution is 5.78. The lowest BCUT2D eigenvalue weighted by atomic mass is 10.1. The van der Waals surface area contributed by atoms with Gasteiger partial charge in [0, 0.05) is 25.5 Å². The van der Waals surface area contributed by atoms with E-state index in [1.54, 1.807) is 6.20 Å². The first-order chi connectivity index (χ1) is 9.78. The van der Waals surface area contributed by atoms with Crippen molar-refractivity contribution in [2.75, 3.05) is 6.54 Å². The first-order valence-electron chi connectivity index (χ1n) is 6.71. The first-order valence-corrected chi connectivity index (χ1v) is 6.71. The van der Waals surface area contributed by atoms with Gasteiger partial charge in [0.05, 0.1) is 6.42 Å². The maximum atomic E-state index is 11.8. The van der Waals surface area contributed by atoms with Gasteiger partial charge in [0.2, 0.25) is 5.91 Å². The molecule has 0 bridgehead atoms. The molecule has 0 atom stereocenters. The van der Waals surface area contributed by atoms with E-state index < -0.39 is 0 Å². The maximum Gasteiger partial charge on any atom is 0.224 e. The van der Waals surface area contributed by atoms with E-state index in [-0.39, 0.29) is 5.91 Å². The Labute approximate surface area is 119 Å². The molecule has 4 heteroatoms. The molecule has 0 aliphatic rings. The van der Waals surface area contributed by atoms with Gasteiger partial charge in [-0.2, -0.15) is 0 Å². The summed E-state index contributed by atoms with van der Waals surface area (Å²) >= 11 is 0. The smallest absolute Gasteiger partial charge is 0.224 e. The van der Waals surface area contributed by atoms with Crippen molar-refractivity contribution in [1.29, 1.82) is 0 Å². The molecule has 0 fully saturated rings. The molecule has 0 aliphatic heterocycles. The van der Waals surface area contributed by atoms with Crippen LogP contribution in [0.1, 0.15) is 16.7 Å². The van der Waals surface area contributed by atoms with E-state index >= 15 is 0 Å². The average molecular weight is 269 g/mol. The summed E-state index contributed by atoms with van der Waals surface area (Å²) in [5, 5.41) is 2.92. The van der Waals surface area contributed by atoms with E-state index in [1.165, 1.54) is 0 Å². The van der Waals surface area contributed by atoms with Gasteiger partial charge in [0.25, 0.3) is 0 Å². The fourth-order valence-corrected chi connectivity index (χ4v) is 1.93. The van der Waals surface area contributed by atoms with E-state index in [0.717, 1.165) is 23.1 Å². The number of hydrogen-bond acceptors (Lipinski definition) is 3. The third-order valence-corrected chi connectivity index (χ3v) is 3.08. The Kier molecular flexibility index (Phi) is 5.26. The third-order valence-electron chi connectivity index (χ3n) is 3.08. The monoisotopic (exact) mass is 269 g/mol. The van der Waals surface area contributed by atoms with Crippen molar-refractivity contribution >= 4 is 5.91 Å². The molecule has 0 saturated heterocycles. The van der Waals surface area contributed by atoms with Crippen LogP contribution in [0.15, 0.2) is 48.8 Å². The minimum Gasteiger partial charge on any atom is -0.355 e. The standard InChI is InChI=1S/C16H19N3O/c17-11-14-5-3-13(4-6-14)10-16(20)19-9-7-15-2-1-8-18-12-15/h1-6,8,12H,7,9-11,17H2,(H,19,20). The van der Waals surface area contributed by atoms with Crippen LogP contribution in [0.3, 0.4) is 0 Å². The van der Waals surface area contributed by atoms with Crippen LogP contribution in [0.5, 0.6) is 0 Å². The zero-order valence-corrected chi connectivity index (χ0v) is 11.4. The Morgan fingerprint density at radius 3 is 2.50 bits per heavy atom. The second-order valence-corrected chi connectivity index (χ2v) is 4.66. The van der Waals surface area contributed by atoms with Crippen molar-refractivity contribution in [3.05, 3.63) is 65.5 Å². The molecule has 1 aromatic heterocycles. The largest absolute Gasteiger partial charge is 0.355 e. The van der Waals surface area contributed by atoms with Crippen molar-refractivity contribution in [3.8, 4) is 0 Å². The fraction of sp³-hybridized carbons (Fsp3) is 0.250. The van der Waals surface area contributed by atoms with Crippen LogP contribution in [0, 0.1) is 0 Å². The van der Waals surface area contributed by atoms with E-state index in [1.807, 2.05) is 42.6 Å². The van der Waals surface area contributed by atoms with Gasteiger partial charge in [-0.05, 0) is 29.2 Å². The Balaban J connectivity index is 1.74. The van der Waals surface area contributed by atoms with Crippen LogP contribution >= 0.6 is 0 Å². The summed E-state index contributed by atoms with van der Waals surface area (Å²) in [5.41, 5.74) is 8.74. The number of hydrogen-bond donors (Lipinski definition) is 2. The maximum absolute atomic E-state index is 11.8. The molecule has 4 nitrogen and oxygen atoms in total. The summed E-state index contributed by atoms with van der Waals surface area (Å²) in [7, 11) is 0. The minimum atomic E-state index is 0.0365. The Morgan fingerprint density at radius 2 is 1.85 bits per heavy atom. The predicted molar refractivity (Wildman–Crippen MR) is 79.0 cm³/mol.